The summed E-state index contributed by atoms with van der Waals surface area (Å²) in [5.41, 5.74) is 3.79. The molecule has 1 N–H and O–H groups in total. The molecule has 0 atom stereocenters. The Balaban J connectivity index is 2.09. The van der Waals surface area contributed by atoms with Crippen LogP contribution in [0.4, 0.5) is 0 Å². The summed E-state index contributed by atoms with van der Waals surface area (Å²) in [7, 11) is 0. The van der Waals surface area contributed by atoms with Crippen molar-refractivity contribution < 1.29 is 9.90 Å². The molecule has 1 aromatic carbocycles. The van der Waals surface area contributed by atoms with Gasteiger partial charge in [0.15, 0.2) is 0 Å². The van der Waals surface area contributed by atoms with Crippen LogP contribution in [0.15, 0.2) is 22.8 Å². The number of aromatic nitrogens is 1. The van der Waals surface area contributed by atoms with E-state index < -0.39 is 5.97 Å². The third-order valence-corrected chi connectivity index (χ3v) is 4.17. The Labute approximate surface area is 114 Å². The number of aryl methyl sites for hydroxylation is 3. The SMILES string of the molecule is O=C(O)CCc1cc2c3c(c1)c(Br)cn3CCC2. The Bertz CT molecular complexity index is 630. The first-order valence-electron chi connectivity index (χ1n) is 6.17. The van der Waals surface area contributed by atoms with Gasteiger partial charge < -0.3 is 9.67 Å². The van der Waals surface area contributed by atoms with Crippen molar-refractivity contribution in [2.24, 2.45) is 0 Å². The minimum atomic E-state index is -0.736. The van der Waals surface area contributed by atoms with Crippen molar-refractivity contribution in [3.8, 4) is 0 Å². The van der Waals surface area contributed by atoms with Gasteiger partial charge in [-0.25, -0.2) is 0 Å². The topological polar surface area (TPSA) is 42.2 Å². The van der Waals surface area contributed by atoms with Gasteiger partial charge in [0.2, 0.25) is 0 Å². The predicted molar refractivity (Wildman–Crippen MR) is 73.9 cm³/mol. The summed E-state index contributed by atoms with van der Waals surface area (Å²) in [6, 6.07) is 4.29. The summed E-state index contributed by atoms with van der Waals surface area (Å²) in [5.74, 6) is -0.736. The zero-order chi connectivity index (χ0) is 12.7. The maximum absolute atomic E-state index is 10.7. The molecule has 0 saturated carbocycles. The smallest absolute Gasteiger partial charge is 0.303 e. The van der Waals surface area contributed by atoms with E-state index in [0.717, 1.165) is 29.4 Å². The standard InChI is InChI=1S/C14H14BrNO2/c15-12-8-16-5-1-2-10-6-9(3-4-13(17)18)7-11(12)14(10)16/h6-8H,1-5H2,(H,17,18). The Morgan fingerprint density at radius 2 is 2.28 bits per heavy atom. The second-order valence-corrected chi connectivity index (χ2v) is 5.67. The second-order valence-electron chi connectivity index (χ2n) is 4.82. The number of carboxylic acid groups (broad SMARTS) is 1. The van der Waals surface area contributed by atoms with E-state index >= 15 is 0 Å². The summed E-state index contributed by atoms with van der Waals surface area (Å²) in [4.78, 5) is 10.7. The highest BCUT2D eigenvalue weighted by Crippen LogP contribution is 2.33. The molecule has 0 aliphatic carbocycles. The Hall–Kier alpha value is -1.29. The molecule has 0 amide bonds. The summed E-state index contributed by atoms with van der Waals surface area (Å²) in [5, 5.41) is 9.99. The molecule has 0 fully saturated rings. The number of carbonyl (C=O) groups is 1. The van der Waals surface area contributed by atoms with E-state index in [0.29, 0.717) is 6.42 Å². The van der Waals surface area contributed by atoms with Crippen LogP contribution in [-0.2, 0) is 24.2 Å². The quantitative estimate of drug-likeness (QED) is 0.944. The molecule has 1 aromatic heterocycles. The molecular formula is C14H14BrNO2. The Kier molecular flexibility index (Phi) is 2.90. The molecule has 0 unspecified atom stereocenters. The highest BCUT2D eigenvalue weighted by atomic mass is 79.9. The van der Waals surface area contributed by atoms with E-state index in [-0.39, 0.29) is 6.42 Å². The highest BCUT2D eigenvalue weighted by molar-refractivity contribution is 9.10. The first-order valence-corrected chi connectivity index (χ1v) is 6.96. The van der Waals surface area contributed by atoms with E-state index in [2.05, 4.69) is 38.8 Å². The Morgan fingerprint density at radius 1 is 1.44 bits per heavy atom. The molecule has 1 aliphatic rings. The average Bonchev–Trinajstić information content (AvgIpc) is 2.66. The van der Waals surface area contributed by atoms with Crippen LogP contribution < -0.4 is 0 Å². The molecule has 18 heavy (non-hydrogen) atoms. The minimum absolute atomic E-state index is 0.198. The van der Waals surface area contributed by atoms with Crippen LogP contribution in [0.1, 0.15) is 24.0 Å². The van der Waals surface area contributed by atoms with Gasteiger partial charge in [-0.1, -0.05) is 6.07 Å². The van der Waals surface area contributed by atoms with Gasteiger partial charge in [0.25, 0.3) is 0 Å². The van der Waals surface area contributed by atoms with Crippen LogP contribution in [0.3, 0.4) is 0 Å². The van der Waals surface area contributed by atoms with Crippen molar-refractivity contribution in [3.05, 3.63) is 33.9 Å². The van der Waals surface area contributed by atoms with E-state index in [9.17, 15) is 4.79 Å². The van der Waals surface area contributed by atoms with Crippen molar-refractivity contribution >= 4 is 32.8 Å². The number of carboxylic acids is 1. The number of benzene rings is 1. The number of nitrogens with zero attached hydrogens (tertiary/aromatic N) is 1. The monoisotopic (exact) mass is 307 g/mol. The van der Waals surface area contributed by atoms with Gasteiger partial charge in [-0.05, 0) is 52.4 Å². The zero-order valence-corrected chi connectivity index (χ0v) is 11.5. The number of halogens is 1. The number of aliphatic carboxylic acids is 1. The van der Waals surface area contributed by atoms with Gasteiger partial charge >= 0.3 is 5.97 Å². The first-order chi connectivity index (χ1) is 8.65. The summed E-state index contributed by atoms with van der Waals surface area (Å²) in [6.45, 7) is 1.07. The highest BCUT2D eigenvalue weighted by Gasteiger charge is 2.16. The fraction of sp³-hybridized carbons (Fsp3) is 0.357. The molecule has 0 radical (unpaired) electrons. The van der Waals surface area contributed by atoms with Gasteiger partial charge in [-0.3, -0.25) is 4.79 Å². The van der Waals surface area contributed by atoms with E-state index in [1.165, 1.54) is 16.5 Å². The van der Waals surface area contributed by atoms with Crippen molar-refractivity contribution in [1.29, 1.82) is 0 Å². The third kappa shape index (κ3) is 1.94. The van der Waals surface area contributed by atoms with E-state index in [4.69, 9.17) is 5.11 Å². The van der Waals surface area contributed by atoms with Crippen LogP contribution in [0.2, 0.25) is 0 Å². The van der Waals surface area contributed by atoms with Gasteiger partial charge in [0.05, 0.1) is 5.52 Å². The maximum Gasteiger partial charge on any atom is 0.303 e. The molecule has 94 valence electrons. The zero-order valence-electron chi connectivity index (χ0n) is 9.95. The van der Waals surface area contributed by atoms with Crippen LogP contribution in [0, 0.1) is 0 Å². The van der Waals surface area contributed by atoms with Crippen LogP contribution in [0.5, 0.6) is 0 Å². The number of hydrogen-bond acceptors (Lipinski definition) is 1. The minimum Gasteiger partial charge on any atom is -0.481 e. The third-order valence-electron chi connectivity index (χ3n) is 3.54. The van der Waals surface area contributed by atoms with Crippen molar-refractivity contribution in [1.82, 2.24) is 4.57 Å². The van der Waals surface area contributed by atoms with Crippen LogP contribution in [-0.4, -0.2) is 15.6 Å². The lowest BCUT2D eigenvalue weighted by Crippen LogP contribution is -2.07. The second kappa shape index (κ2) is 4.43. The van der Waals surface area contributed by atoms with Crippen molar-refractivity contribution in [2.75, 3.05) is 0 Å². The normalized spacial score (nSPS) is 14.1. The molecular weight excluding hydrogens is 294 g/mol. The molecule has 0 saturated heterocycles. The fourth-order valence-electron chi connectivity index (χ4n) is 2.76. The van der Waals surface area contributed by atoms with Gasteiger partial charge in [-0.2, -0.15) is 0 Å². The summed E-state index contributed by atoms with van der Waals surface area (Å²) < 4.78 is 3.40. The Morgan fingerprint density at radius 3 is 3.06 bits per heavy atom. The molecule has 3 rings (SSSR count). The summed E-state index contributed by atoms with van der Waals surface area (Å²) in [6.07, 6.45) is 5.19. The van der Waals surface area contributed by atoms with Crippen molar-refractivity contribution in [2.45, 2.75) is 32.2 Å². The number of rotatable bonds is 3. The summed E-state index contributed by atoms with van der Waals surface area (Å²) >= 11 is 3.60. The van der Waals surface area contributed by atoms with Crippen LogP contribution in [0.25, 0.3) is 10.9 Å². The molecule has 4 heteroatoms. The fourth-order valence-corrected chi connectivity index (χ4v) is 3.30. The predicted octanol–water partition coefficient (Wildman–Crippen LogP) is 3.37. The molecule has 2 heterocycles. The van der Waals surface area contributed by atoms with Crippen molar-refractivity contribution in [3.63, 3.8) is 0 Å². The van der Waals surface area contributed by atoms with E-state index in [1.807, 2.05) is 0 Å². The maximum atomic E-state index is 10.7. The molecule has 1 aliphatic heterocycles. The lowest BCUT2D eigenvalue weighted by molar-refractivity contribution is -0.136. The van der Waals surface area contributed by atoms with Gasteiger partial charge in [0, 0.05) is 29.0 Å². The van der Waals surface area contributed by atoms with E-state index in [1.54, 1.807) is 0 Å². The molecule has 3 nitrogen and oxygen atoms in total. The van der Waals surface area contributed by atoms with Gasteiger partial charge in [0.1, 0.15) is 0 Å². The molecule has 2 aromatic rings. The lowest BCUT2D eigenvalue weighted by atomic mass is 9.98. The largest absolute Gasteiger partial charge is 0.481 e. The number of hydrogen-bond donors (Lipinski definition) is 1. The van der Waals surface area contributed by atoms with Crippen LogP contribution >= 0.6 is 15.9 Å². The first kappa shape index (κ1) is 11.8. The average molecular weight is 308 g/mol. The molecule has 0 bridgehead atoms. The molecule has 0 spiro atoms. The lowest BCUT2D eigenvalue weighted by Gasteiger charge is -2.16. The van der Waals surface area contributed by atoms with Gasteiger partial charge in [-0.15, -0.1) is 0 Å².